The number of hydrogen-bond donors (Lipinski definition) is 0. The van der Waals surface area contributed by atoms with Crippen LogP contribution in [0.15, 0.2) is 18.7 Å². The number of nitrogens with zero attached hydrogens (tertiary/aromatic N) is 4. The van der Waals surface area contributed by atoms with E-state index in [1.807, 2.05) is 10.8 Å². The molecule has 0 bridgehead atoms. The Bertz CT molecular complexity index is 525. The van der Waals surface area contributed by atoms with Crippen LogP contribution in [0.25, 0.3) is 0 Å². The molecule has 3 heterocycles. The number of hydrogen-bond acceptors (Lipinski definition) is 3. The van der Waals surface area contributed by atoms with Gasteiger partial charge >= 0.3 is 0 Å². The Morgan fingerprint density at radius 2 is 1.91 bits per heavy atom. The third kappa shape index (κ3) is 3.44. The molecule has 2 saturated heterocycles. The summed E-state index contributed by atoms with van der Waals surface area (Å²) in [6, 6.07) is 1.03. The fraction of sp³-hybridized carbons (Fsp3) is 0.778. The number of amides is 1. The monoisotopic (exact) mass is 316 g/mol. The lowest BCUT2D eigenvalue weighted by Gasteiger charge is -2.45. The second kappa shape index (κ2) is 6.63. The van der Waals surface area contributed by atoms with Crippen LogP contribution >= 0.6 is 0 Å². The van der Waals surface area contributed by atoms with E-state index in [2.05, 4.69) is 14.8 Å². The number of fused-ring (bicyclic) bond motifs is 1. The molecule has 3 fully saturated rings. The molecule has 1 saturated carbocycles. The molecule has 2 atom stereocenters. The summed E-state index contributed by atoms with van der Waals surface area (Å²) in [5.41, 5.74) is 0. The van der Waals surface area contributed by atoms with Crippen LogP contribution in [0.3, 0.4) is 0 Å². The zero-order valence-corrected chi connectivity index (χ0v) is 13.9. The molecule has 4 rings (SSSR count). The largest absolute Gasteiger partial charge is 0.337 e. The van der Waals surface area contributed by atoms with Gasteiger partial charge in [0.1, 0.15) is 6.54 Å². The number of likely N-dealkylation sites (tertiary alicyclic amines) is 2. The average molecular weight is 316 g/mol. The van der Waals surface area contributed by atoms with Crippen LogP contribution in [0.4, 0.5) is 0 Å². The van der Waals surface area contributed by atoms with E-state index in [9.17, 15) is 4.79 Å². The van der Waals surface area contributed by atoms with Crippen LogP contribution in [0.2, 0.25) is 0 Å². The van der Waals surface area contributed by atoms with Crippen molar-refractivity contribution in [3.8, 4) is 0 Å². The minimum Gasteiger partial charge on any atom is -0.337 e. The first kappa shape index (κ1) is 15.2. The van der Waals surface area contributed by atoms with Gasteiger partial charge in [0.15, 0.2) is 0 Å². The lowest BCUT2D eigenvalue weighted by molar-refractivity contribution is -0.137. The second-order valence-corrected chi connectivity index (χ2v) is 7.53. The van der Waals surface area contributed by atoms with Gasteiger partial charge in [-0.2, -0.15) is 0 Å². The van der Waals surface area contributed by atoms with Crippen molar-refractivity contribution in [2.75, 3.05) is 19.6 Å². The van der Waals surface area contributed by atoms with E-state index in [0.717, 1.165) is 18.9 Å². The SMILES string of the molecule is O=C(Cn1ccnc1)N1CCC[C@@H]2[C@H]1CCCCN2CC1CC1. The summed E-state index contributed by atoms with van der Waals surface area (Å²) < 4.78 is 1.89. The van der Waals surface area contributed by atoms with Gasteiger partial charge in [-0.1, -0.05) is 6.42 Å². The van der Waals surface area contributed by atoms with Gasteiger partial charge in [-0.15, -0.1) is 0 Å². The third-order valence-electron chi connectivity index (χ3n) is 5.79. The van der Waals surface area contributed by atoms with Gasteiger partial charge in [-0.05, 0) is 51.0 Å². The number of imidazole rings is 1. The highest BCUT2D eigenvalue weighted by Crippen LogP contribution is 2.35. The van der Waals surface area contributed by atoms with E-state index in [0.29, 0.717) is 18.6 Å². The first-order valence-electron chi connectivity index (χ1n) is 9.30. The van der Waals surface area contributed by atoms with Gasteiger partial charge < -0.3 is 9.47 Å². The van der Waals surface area contributed by atoms with Crippen LogP contribution < -0.4 is 0 Å². The molecule has 23 heavy (non-hydrogen) atoms. The zero-order valence-electron chi connectivity index (χ0n) is 13.9. The predicted octanol–water partition coefficient (Wildman–Crippen LogP) is 2.14. The predicted molar refractivity (Wildman–Crippen MR) is 88.9 cm³/mol. The maximum Gasteiger partial charge on any atom is 0.242 e. The van der Waals surface area contributed by atoms with Crippen molar-refractivity contribution in [3.63, 3.8) is 0 Å². The number of aromatic nitrogens is 2. The molecule has 0 unspecified atom stereocenters. The molecule has 126 valence electrons. The van der Waals surface area contributed by atoms with Crippen LogP contribution in [-0.2, 0) is 11.3 Å². The molecule has 5 nitrogen and oxygen atoms in total. The van der Waals surface area contributed by atoms with Crippen LogP contribution in [0, 0.1) is 5.92 Å². The van der Waals surface area contributed by atoms with E-state index in [-0.39, 0.29) is 5.91 Å². The van der Waals surface area contributed by atoms with E-state index in [1.54, 1.807) is 12.5 Å². The van der Waals surface area contributed by atoms with Crippen LogP contribution in [0.1, 0.15) is 44.9 Å². The Morgan fingerprint density at radius 1 is 1.04 bits per heavy atom. The summed E-state index contributed by atoms with van der Waals surface area (Å²) in [5.74, 6) is 1.21. The van der Waals surface area contributed by atoms with Crippen molar-refractivity contribution in [2.45, 2.75) is 63.6 Å². The highest BCUT2D eigenvalue weighted by Gasteiger charge is 2.39. The van der Waals surface area contributed by atoms with E-state index < -0.39 is 0 Å². The van der Waals surface area contributed by atoms with Gasteiger partial charge in [0, 0.05) is 37.6 Å². The van der Waals surface area contributed by atoms with Crippen molar-refractivity contribution < 1.29 is 4.79 Å². The minimum atomic E-state index is 0.269. The van der Waals surface area contributed by atoms with Crippen molar-refractivity contribution in [1.29, 1.82) is 0 Å². The van der Waals surface area contributed by atoms with Gasteiger partial charge in [-0.3, -0.25) is 9.69 Å². The van der Waals surface area contributed by atoms with Gasteiger partial charge in [0.25, 0.3) is 0 Å². The molecule has 1 amide bonds. The van der Waals surface area contributed by atoms with Crippen LogP contribution in [0.5, 0.6) is 0 Å². The minimum absolute atomic E-state index is 0.269. The first-order valence-corrected chi connectivity index (χ1v) is 9.30. The topological polar surface area (TPSA) is 41.4 Å². The number of carbonyl (C=O) groups excluding carboxylic acids is 1. The fourth-order valence-corrected chi connectivity index (χ4v) is 4.44. The molecule has 0 spiro atoms. The summed E-state index contributed by atoms with van der Waals surface area (Å²) in [4.78, 5) is 21.8. The van der Waals surface area contributed by atoms with Gasteiger partial charge in [-0.25, -0.2) is 4.98 Å². The Morgan fingerprint density at radius 3 is 2.70 bits per heavy atom. The Labute approximate surface area is 138 Å². The summed E-state index contributed by atoms with van der Waals surface area (Å²) in [7, 11) is 0. The molecule has 1 aliphatic carbocycles. The lowest BCUT2D eigenvalue weighted by Crippen LogP contribution is -2.57. The fourth-order valence-electron chi connectivity index (χ4n) is 4.44. The normalized spacial score (nSPS) is 29.1. The summed E-state index contributed by atoms with van der Waals surface area (Å²) in [6.07, 6.45) is 14.4. The molecule has 0 radical (unpaired) electrons. The highest BCUT2D eigenvalue weighted by molar-refractivity contribution is 5.76. The third-order valence-corrected chi connectivity index (χ3v) is 5.79. The Balaban J connectivity index is 1.47. The van der Waals surface area contributed by atoms with E-state index in [1.165, 1.54) is 51.6 Å². The van der Waals surface area contributed by atoms with Crippen molar-refractivity contribution in [2.24, 2.45) is 5.92 Å². The smallest absolute Gasteiger partial charge is 0.242 e. The quantitative estimate of drug-likeness (QED) is 0.854. The standard InChI is InChI=1S/C18H28N4O/c23-18(13-20-11-8-19-14-20)22-10-3-5-16-17(22)4-1-2-9-21(16)12-15-6-7-15/h8,11,14-17H,1-7,9-10,12-13H2/t16-,17-/m1/s1. The van der Waals surface area contributed by atoms with Crippen molar-refractivity contribution in [3.05, 3.63) is 18.7 Å². The molecule has 2 aliphatic heterocycles. The van der Waals surface area contributed by atoms with Crippen LogP contribution in [-0.4, -0.2) is 57.0 Å². The maximum atomic E-state index is 12.8. The first-order chi connectivity index (χ1) is 11.3. The van der Waals surface area contributed by atoms with Crippen molar-refractivity contribution >= 4 is 5.91 Å². The molecule has 1 aromatic heterocycles. The van der Waals surface area contributed by atoms with E-state index in [4.69, 9.17) is 0 Å². The van der Waals surface area contributed by atoms with Gasteiger partial charge in [0.05, 0.1) is 6.33 Å². The zero-order chi connectivity index (χ0) is 15.6. The highest BCUT2D eigenvalue weighted by atomic mass is 16.2. The maximum absolute atomic E-state index is 12.8. The lowest BCUT2D eigenvalue weighted by atomic mass is 9.92. The summed E-state index contributed by atoms with van der Waals surface area (Å²) >= 11 is 0. The van der Waals surface area contributed by atoms with E-state index >= 15 is 0 Å². The second-order valence-electron chi connectivity index (χ2n) is 7.53. The van der Waals surface area contributed by atoms with Crippen molar-refractivity contribution in [1.82, 2.24) is 19.4 Å². The number of piperidine rings is 1. The molecule has 3 aliphatic rings. The summed E-state index contributed by atoms with van der Waals surface area (Å²) in [6.45, 7) is 3.88. The average Bonchev–Trinajstić information content (AvgIpc) is 3.28. The molecule has 1 aromatic rings. The molecule has 0 aromatic carbocycles. The Hall–Kier alpha value is -1.36. The molecule has 5 heteroatoms. The molecular formula is C18H28N4O. The summed E-state index contributed by atoms with van der Waals surface area (Å²) in [5, 5.41) is 0. The number of rotatable bonds is 4. The molecule has 0 N–H and O–H groups in total. The van der Waals surface area contributed by atoms with Gasteiger partial charge in [0.2, 0.25) is 5.91 Å². The Kier molecular flexibility index (Phi) is 4.38. The molecular weight excluding hydrogens is 288 g/mol. The number of carbonyl (C=O) groups is 1.